The summed E-state index contributed by atoms with van der Waals surface area (Å²) in [5, 5.41) is 21.1. The largest absolute Gasteiger partial charge is 0.464 e. The number of carbonyl (C=O) groups is 4. The van der Waals surface area contributed by atoms with Gasteiger partial charge in [0.05, 0.1) is 17.6 Å². The molecular weight excluding hydrogens is 675 g/mol. The SMILES string of the molecule is Cc1c(-c2cc3cc(Nc4cc5n(n4)CC(=O)N(C)CC54CC4)ncc3c(NC(=O)OC(C)(C)C)c2F)cncc1N(C(=O)O)C(=O)OC(C)(C)C. The fourth-order valence-electron chi connectivity index (χ4n) is 6.25. The predicted molar refractivity (Wildman–Crippen MR) is 190 cm³/mol. The molecule has 3 aromatic heterocycles. The Labute approximate surface area is 299 Å². The van der Waals surface area contributed by atoms with E-state index >= 15 is 4.39 Å². The Kier molecular flexibility index (Phi) is 8.83. The zero-order valence-electron chi connectivity index (χ0n) is 30.3. The number of benzene rings is 1. The summed E-state index contributed by atoms with van der Waals surface area (Å²) in [6.45, 7) is 12.1. The summed E-state index contributed by atoms with van der Waals surface area (Å²) in [6, 6.07) is 5.07. The average Bonchev–Trinajstić information content (AvgIpc) is 3.70. The Bertz CT molecular complexity index is 2130. The van der Waals surface area contributed by atoms with Crippen molar-refractivity contribution in [1.82, 2.24) is 24.6 Å². The first-order chi connectivity index (χ1) is 24.2. The Morgan fingerprint density at radius 1 is 0.981 bits per heavy atom. The maximum Gasteiger partial charge on any atom is 0.424 e. The molecule has 2 aliphatic rings. The van der Waals surface area contributed by atoms with Crippen LogP contribution in [0.15, 0.2) is 36.8 Å². The molecule has 1 saturated carbocycles. The van der Waals surface area contributed by atoms with Crippen molar-refractivity contribution in [1.29, 1.82) is 0 Å². The zero-order valence-corrected chi connectivity index (χ0v) is 30.3. The van der Waals surface area contributed by atoms with Crippen LogP contribution in [0.4, 0.5) is 41.8 Å². The molecule has 0 radical (unpaired) electrons. The summed E-state index contributed by atoms with van der Waals surface area (Å²) in [6.07, 6.45) is 2.11. The van der Waals surface area contributed by atoms with Gasteiger partial charge in [-0.1, -0.05) is 0 Å². The summed E-state index contributed by atoms with van der Waals surface area (Å²) in [7, 11) is 1.80. The summed E-state index contributed by atoms with van der Waals surface area (Å²) < 4.78 is 29.1. The van der Waals surface area contributed by atoms with Gasteiger partial charge in [-0.3, -0.25) is 19.8 Å². The molecule has 6 rings (SSSR count). The lowest BCUT2D eigenvalue weighted by Gasteiger charge is -2.25. The topological polar surface area (TPSA) is 181 Å². The van der Waals surface area contributed by atoms with Crippen LogP contribution in [-0.4, -0.2) is 78.7 Å². The molecule has 0 atom stereocenters. The fraction of sp³-hybridized carbons (Fsp3) is 0.417. The van der Waals surface area contributed by atoms with Gasteiger partial charge >= 0.3 is 18.3 Å². The van der Waals surface area contributed by atoms with E-state index in [9.17, 15) is 24.3 Å². The molecule has 1 spiro atoms. The van der Waals surface area contributed by atoms with Crippen LogP contribution in [0.5, 0.6) is 0 Å². The van der Waals surface area contributed by atoms with Crippen LogP contribution in [0.2, 0.25) is 0 Å². The van der Waals surface area contributed by atoms with Crippen LogP contribution < -0.4 is 15.5 Å². The predicted octanol–water partition coefficient (Wildman–Crippen LogP) is 6.95. The molecule has 274 valence electrons. The molecule has 15 nitrogen and oxygen atoms in total. The number of aromatic nitrogens is 4. The summed E-state index contributed by atoms with van der Waals surface area (Å²) >= 11 is 0. The minimum absolute atomic E-state index is 0.0329. The van der Waals surface area contributed by atoms with Crippen molar-refractivity contribution < 1.29 is 38.1 Å². The lowest BCUT2D eigenvalue weighted by atomic mass is 9.97. The van der Waals surface area contributed by atoms with Crippen molar-refractivity contribution in [3.63, 3.8) is 0 Å². The van der Waals surface area contributed by atoms with E-state index in [2.05, 4.69) is 25.7 Å². The molecule has 0 unspecified atom stereocenters. The first-order valence-corrected chi connectivity index (χ1v) is 16.7. The first-order valence-electron chi connectivity index (χ1n) is 16.7. The Hall–Kier alpha value is -5.80. The number of pyridine rings is 2. The van der Waals surface area contributed by atoms with Crippen molar-refractivity contribution >= 4 is 58.0 Å². The highest BCUT2D eigenvalue weighted by molar-refractivity contribution is 6.10. The molecule has 1 aliphatic heterocycles. The standard InChI is InChI=1S/C36H41FN8O7/c1-19-22(14-38-16-24(19)45(32(48)49)33(50)52-35(5,6)7)21-11-20-12-26(39-15-23(20)30(29(21)37)41-31(47)51-34(2,3)4)40-27-13-25-36(9-10-36)18-43(8)28(46)17-44(25)42-27/h11-16H,9-10,17-18H2,1-8H3,(H,41,47)(H,48,49)(H,39,40,42). The summed E-state index contributed by atoms with van der Waals surface area (Å²) in [5.74, 6) is -0.0808. The minimum Gasteiger partial charge on any atom is -0.464 e. The lowest BCUT2D eigenvalue weighted by Crippen LogP contribution is -2.40. The van der Waals surface area contributed by atoms with Crippen LogP contribution in [0.1, 0.15) is 65.6 Å². The normalized spacial score (nSPS) is 15.2. The van der Waals surface area contributed by atoms with E-state index in [1.54, 1.807) is 64.2 Å². The molecule has 16 heteroatoms. The molecule has 4 heterocycles. The number of halogens is 1. The highest BCUT2D eigenvalue weighted by Crippen LogP contribution is 2.50. The smallest absolute Gasteiger partial charge is 0.424 e. The molecule has 1 aromatic carbocycles. The second kappa shape index (κ2) is 12.8. The number of hydrogen-bond donors (Lipinski definition) is 3. The maximum absolute atomic E-state index is 16.7. The van der Waals surface area contributed by atoms with E-state index in [0.29, 0.717) is 28.5 Å². The number of nitrogens with one attached hydrogen (secondary N) is 2. The number of amides is 4. The van der Waals surface area contributed by atoms with Gasteiger partial charge in [0, 0.05) is 59.7 Å². The van der Waals surface area contributed by atoms with Gasteiger partial charge in [0.25, 0.3) is 0 Å². The quantitative estimate of drug-likeness (QED) is 0.194. The number of hydrogen-bond acceptors (Lipinski definition) is 10. The molecule has 4 aromatic rings. The number of carboxylic acid groups (broad SMARTS) is 1. The van der Waals surface area contributed by atoms with Crippen molar-refractivity contribution in [2.75, 3.05) is 29.1 Å². The van der Waals surface area contributed by atoms with Crippen molar-refractivity contribution in [3.05, 3.63) is 53.9 Å². The number of fused-ring (bicyclic) bond motifs is 3. The molecular formula is C36H41FN8O7. The van der Waals surface area contributed by atoms with Crippen LogP contribution >= 0.6 is 0 Å². The third-order valence-corrected chi connectivity index (χ3v) is 8.76. The second-order valence-electron chi connectivity index (χ2n) is 15.2. The molecule has 4 amide bonds. The number of anilines is 4. The Morgan fingerprint density at radius 3 is 2.31 bits per heavy atom. The van der Waals surface area contributed by atoms with Crippen molar-refractivity contribution in [3.8, 4) is 11.1 Å². The second-order valence-corrected chi connectivity index (χ2v) is 15.2. The van der Waals surface area contributed by atoms with E-state index in [-0.39, 0.29) is 51.3 Å². The highest BCUT2D eigenvalue weighted by Gasteiger charge is 2.50. The Morgan fingerprint density at radius 2 is 1.67 bits per heavy atom. The van der Waals surface area contributed by atoms with E-state index in [1.165, 1.54) is 31.6 Å². The van der Waals surface area contributed by atoms with Crippen LogP contribution in [0, 0.1) is 12.7 Å². The summed E-state index contributed by atoms with van der Waals surface area (Å²) in [4.78, 5) is 61.7. The van der Waals surface area contributed by atoms with Gasteiger partial charge in [0.1, 0.15) is 23.6 Å². The van der Waals surface area contributed by atoms with Gasteiger partial charge in [0.2, 0.25) is 5.91 Å². The molecule has 3 N–H and O–H groups in total. The van der Waals surface area contributed by atoms with Crippen molar-refractivity contribution in [2.24, 2.45) is 0 Å². The van der Waals surface area contributed by atoms with Gasteiger partial charge in [0.15, 0.2) is 11.6 Å². The van der Waals surface area contributed by atoms with Gasteiger partial charge in [-0.05, 0) is 84.4 Å². The molecule has 1 aliphatic carbocycles. The third-order valence-electron chi connectivity index (χ3n) is 8.76. The first kappa shape index (κ1) is 36.0. The number of ether oxygens (including phenoxy) is 2. The number of rotatable bonds is 5. The van der Waals surface area contributed by atoms with Crippen LogP contribution in [-0.2, 0) is 26.2 Å². The molecule has 0 saturated heterocycles. The lowest BCUT2D eigenvalue weighted by molar-refractivity contribution is -0.130. The van der Waals surface area contributed by atoms with E-state index in [0.717, 1.165) is 18.5 Å². The van der Waals surface area contributed by atoms with E-state index in [4.69, 9.17) is 9.47 Å². The number of carbonyl (C=O) groups excluding carboxylic acids is 3. The molecule has 52 heavy (non-hydrogen) atoms. The van der Waals surface area contributed by atoms with Gasteiger partial charge in [-0.15, -0.1) is 0 Å². The number of nitrogens with zero attached hydrogens (tertiary/aromatic N) is 6. The number of imide groups is 1. The third kappa shape index (κ3) is 7.18. The minimum atomic E-state index is -1.62. The fourth-order valence-corrected chi connectivity index (χ4v) is 6.25. The maximum atomic E-state index is 16.7. The van der Waals surface area contributed by atoms with E-state index in [1.807, 2.05) is 6.07 Å². The van der Waals surface area contributed by atoms with Crippen molar-refractivity contribution in [2.45, 2.75) is 84.5 Å². The van der Waals surface area contributed by atoms with Crippen LogP contribution in [0.25, 0.3) is 21.9 Å². The molecule has 1 fully saturated rings. The summed E-state index contributed by atoms with van der Waals surface area (Å²) in [5.41, 5.74) is -1.15. The molecule has 0 bridgehead atoms. The van der Waals surface area contributed by atoms with Gasteiger partial charge < -0.3 is 24.8 Å². The van der Waals surface area contributed by atoms with Crippen LogP contribution in [0.3, 0.4) is 0 Å². The van der Waals surface area contributed by atoms with E-state index < -0.39 is 35.3 Å². The van der Waals surface area contributed by atoms with Gasteiger partial charge in [-0.25, -0.2) is 23.8 Å². The highest BCUT2D eigenvalue weighted by atomic mass is 19.1. The average molecular weight is 717 g/mol. The monoisotopic (exact) mass is 716 g/mol. The Balaban J connectivity index is 1.44. The van der Waals surface area contributed by atoms with Gasteiger partial charge in [-0.2, -0.15) is 10.00 Å². The number of likely N-dealkylation sites (N-methyl/N-ethyl adjacent to an activating group) is 1. The zero-order chi connectivity index (χ0) is 37.9.